The number of aryl methyl sites for hydroxylation is 1. The molecule has 1 atom stereocenters. The number of hydrogen-bond donors (Lipinski definition) is 1. The van der Waals surface area contributed by atoms with E-state index in [0.29, 0.717) is 30.4 Å². The van der Waals surface area contributed by atoms with E-state index in [0.717, 1.165) is 21.9 Å². The number of hydrogen-bond acceptors (Lipinski definition) is 6. The number of nitrogens with zero attached hydrogens (tertiary/aromatic N) is 1. The van der Waals surface area contributed by atoms with Gasteiger partial charge in [-0.15, -0.1) is 0 Å². The number of para-hydroxylation sites is 1. The molecular formula is C21H26N2O6S. The Morgan fingerprint density at radius 3 is 2.57 bits per heavy atom. The zero-order valence-electron chi connectivity index (χ0n) is 17.3. The van der Waals surface area contributed by atoms with Gasteiger partial charge in [-0.05, 0) is 37.6 Å². The van der Waals surface area contributed by atoms with Crippen LogP contribution in [0.3, 0.4) is 0 Å². The molecule has 1 aliphatic rings. The number of nitrogens with one attached hydrogen (secondary N) is 1. The van der Waals surface area contributed by atoms with Crippen LogP contribution in [0.2, 0.25) is 0 Å². The van der Waals surface area contributed by atoms with Crippen LogP contribution in [0.15, 0.2) is 42.5 Å². The molecule has 0 aliphatic carbocycles. The molecule has 2 aromatic rings. The molecule has 2 aromatic carbocycles. The molecule has 0 saturated heterocycles. The molecule has 0 fully saturated rings. The van der Waals surface area contributed by atoms with Crippen molar-refractivity contribution in [3.05, 3.63) is 48.0 Å². The van der Waals surface area contributed by atoms with E-state index in [1.807, 2.05) is 31.2 Å². The molecule has 0 radical (unpaired) electrons. The molecule has 1 aliphatic heterocycles. The third-order valence-electron chi connectivity index (χ3n) is 4.62. The average molecular weight is 435 g/mol. The first-order valence-corrected chi connectivity index (χ1v) is 11.5. The van der Waals surface area contributed by atoms with Gasteiger partial charge in [0.2, 0.25) is 15.9 Å². The molecule has 0 spiro atoms. The lowest BCUT2D eigenvalue weighted by atomic mass is 10.2. The highest BCUT2D eigenvalue weighted by Crippen LogP contribution is 2.35. The molecule has 1 heterocycles. The van der Waals surface area contributed by atoms with Crippen LogP contribution in [0.4, 0.5) is 5.69 Å². The molecule has 0 bridgehead atoms. The van der Waals surface area contributed by atoms with E-state index in [9.17, 15) is 13.2 Å². The summed E-state index contributed by atoms with van der Waals surface area (Å²) in [4.78, 5) is 12.6. The number of ether oxygens (including phenoxy) is 3. The number of carbonyl (C=O) groups is 1. The Kier molecular flexibility index (Phi) is 6.71. The summed E-state index contributed by atoms with van der Waals surface area (Å²) in [6.45, 7) is 4.81. The van der Waals surface area contributed by atoms with Gasteiger partial charge in [-0.2, -0.15) is 0 Å². The number of rotatable bonds is 8. The summed E-state index contributed by atoms with van der Waals surface area (Å²) in [6, 6.07) is 11.4. The van der Waals surface area contributed by atoms with E-state index in [4.69, 9.17) is 14.2 Å². The second-order valence-electron chi connectivity index (χ2n) is 6.97. The minimum absolute atomic E-state index is 0.246. The van der Waals surface area contributed by atoms with Gasteiger partial charge in [-0.3, -0.25) is 9.10 Å². The Morgan fingerprint density at radius 2 is 1.87 bits per heavy atom. The van der Waals surface area contributed by atoms with Crippen LogP contribution in [0, 0.1) is 6.92 Å². The van der Waals surface area contributed by atoms with E-state index in [2.05, 4.69) is 5.32 Å². The number of sulfonamides is 1. The normalized spacial score (nSPS) is 14.0. The van der Waals surface area contributed by atoms with Gasteiger partial charge in [0.1, 0.15) is 31.6 Å². The van der Waals surface area contributed by atoms with Crippen LogP contribution in [-0.2, 0) is 14.8 Å². The monoisotopic (exact) mass is 434 g/mol. The van der Waals surface area contributed by atoms with Crippen LogP contribution in [-0.4, -0.2) is 53.0 Å². The van der Waals surface area contributed by atoms with Gasteiger partial charge in [0, 0.05) is 6.07 Å². The van der Waals surface area contributed by atoms with Crippen molar-refractivity contribution in [2.45, 2.75) is 19.9 Å². The van der Waals surface area contributed by atoms with E-state index in [1.165, 1.54) is 6.92 Å². The lowest BCUT2D eigenvalue weighted by molar-refractivity contribution is -0.121. The van der Waals surface area contributed by atoms with Crippen molar-refractivity contribution in [2.75, 3.05) is 36.9 Å². The molecule has 3 rings (SSSR count). The second-order valence-corrected chi connectivity index (χ2v) is 8.83. The third-order valence-corrected chi connectivity index (χ3v) is 5.86. The van der Waals surface area contributed by atoms with E-state index >= 15 is 0 Å². The summed E-state index contributed by atoms with van der Waals surface area (Å²) in [5.74, 6) is 1.31. The highest BCUT2D eigenvalue weighted by Gasteiger charge is 2.30. The Bertz CT molecular complexity index is 1010. The van der Waals surface area contributed by atoms with Gasteiger partial charge >= 0.3 is 0 Å². The van der Waals surface area contributed by atoms with Gasteiger partial charge in [0.05, 0.1) is 18.5 Å². The summed E-state index contributed by atoms with van der Waals surface area (Å²) in [5, 5.41) is 2.73. The topological polar surface area (TPSA) is 94.2 Å². The molecule has 1 amide bonds. The fraction of sp³-hybridized carbons (Fsp3) is 0.381. The Labute approximate surface area is 176 Å². The second kappa shape index (κ2) is 9.25. The molecule has 0 unspecified atom stereocenters. The van der Waals surface area contributed by atoms with Crippen molar-refractivity contribution >= 4 is 21.6 Å². The Morgan fingerprint density at radius 1 is 1.17 bits per heavy atom. The number of carbonyl (C=O) groups excluding carboxylic acids is 1. The predicted molar refractivity (Wildman–Crippen MR) is 114 cm³/mol. The zero-order chi connectivity index (χ0) is 21.7. The maximum absolute atomic E-state index is 12.6. The fourth-order valence-corrected chi connectivity index (χ4v) is 4.35. The zero-order valence-corrected chi connectivity index (χ0v) is 18.1. The smallest absolute Gasteiger partial charge is 0.243 e. The lowest BCUT2D eigenvalue weighted by Crippen LogP contribution is -2.48. The quantitative estimate of drug-likeness (QED) is 0.640. The minimum Gasteiger partial charge on any atom is -0.491 e. The molecule has 8 nitrogen and oxygen atoms in total. The van der Waals surface area contributed by atoms with E-state index in [-0.39, 0.29) is 13.2 Å². The highest BCUT2D eigenvalue weighted by molar-refractivity contribution is 7.92. The molecule has 1 N–H and O–H groups in total. The van der Waals surface area contributed by atoms with Crippen LogP contribution >= 0.6 is 0 Å². The summed E-state index contributed by atoms with van der Waals surface area (Å²) in [7, 11) is -3.72. The molecule has 0 aromatic heterocycles. The highest BCUT2D eigenvalue weighted by atomic mass is 32.2. The van der Waals surface area contributed by atoms with Crippen LogP contribution in [0.5, 0.6) is 17.2 Å². The molecule has 162 valence electrons. The number of fused-ring (bicyclic) bond motifs is 1. The first-order valence-electron chi connectivity index (χ1n) is 9.62. The SMILES string of the molecule is Cc1ccccc1OCCNC(=O)[C@H](C)N(c1ccc2c(c1)OCCO2)S(C)(=O)=O. The van der Waals surface area contributed by atoms with Crippen LogP contribution in [0.1, 0.15) is 12.5 Å². The molecular weight excluding hydrogens is 408 g/mol. The maximum atomic E-state index is 12.6. The number of benzene rings is 2. The van der Waals surface area contributed by atoms with E-state index < -0.39 is 22.0 Å². The number of amides is 1. The van der Waals surface area contributed by atoms with Gasteiger partial charge in [-0.25, -0.2) is 8.42 Å². The number of anilines is 1. The van der Waals surface area contributed by atoms with Crippen molar-refractivity contribution in [2.24, 2.45) is 0 Å². The van der Waals surface area contributed by atoms with Gasteiger partial charge < -0.3 is 19.5 Å². The third kappa shape index (κ3) is 5.15. The summed E-state index contributed by atoms with van der Waals surface area (Å²) < 4.78 is 42.6. The lowest BCUT2D eigenvalue weighted by Gasteiger charge is -2.29. The molecule has 9 heteroatoms. The standard InChI is InChI=1S/C21H26N2O6S/c1-15-6-4-5-7-18(15)27-11-10-22-21(24)16(2)23(30(3,25)26)17-8-9-19-20(14-17)29-13-12-28-19/h4-9,14,16H,10-13H2,1-3H3,(H,22,24)/t16-/m0/s1. The van der Waals surface area contributed by atoms with Gasteiger partial charge in [-0.1, -0.05) is 18.2 Å². The maximum Gasteiger partial charge on any atom is 0.243 e. The first kappa shape index (κ1) is 21.8. The molecule has 30 heavy (non-hydrogen) atoms. The van der Waals surface area contributed by atoms with Crippen LogP contribution in [0.25, 0.3) is 0 Å². The Balaban J connectivity index is 1.66. The van der Waals surface area contributed by atoms with E-state index in [1.54, 1.807) is 18.2 Å². The van der Waals surface area contributed by atoms with Gasteiger partial charge in [0.25, 0.3) is 0 Å². The first-order chi connectivity index (χ1) is 14.3. The summed E-state index contributed by atoms with van der Waals surface area (Å²) in [6.07, 6.45) is 1.06. The summed E-state index contributed by atoms with van der Waals surface area (Å²) >= 11 is 0. The van der Waals surface area contributed by atoms with Crippen molar-refractivity contribution in [1.29, 1.82) is 0 Å². The minimum atomic E-state index is -3.72. The van der Waals surface area contributed by atoms with Crippen LogP contribution < -0.4 is 23.8 Å². The predicted octanol–water partition coefficient (Wildman–Crippen LogP) is 2.12. The fourth-order valence-electron chi connectivity index (χ4n) is 3.18. The summed E-state index contributed by atoms with van der Waals surface area (Å²) in [5.41, 5.74) is 1.33. The largest absolute Gasteiger partial charge is 0.491 e. The Hall–Kier alpha value is -2.94. The van der Waals surface area contributed by atoms with Crippen molar-refractivity contribution < 1.29 is 27.4 Å². The molecule has 0 saturated carbocycles. The van der Waals surface area contributed by atoms with Crippen molar-refractivity contribution in [1.82, 2.24) is 5.32 Å². The van der Waals surface area contributed by atoms with Gasteiger partial charge in [0.15, 0.2) is 11.5 Å². The van der Waals surface area contributed by atoms with Crippen molar-refractivity contribution in [3.63, 3.8) is 0 Å². The average Bonchev–Trinajstić information content (AvgIpc) is 2.71. The van der Waals surface area contributed by atoms with Crippen molar-refractivity contribution in [3.8, 4) is 17.2 Å².